The van der Waals surface area contributed by atoms with E-state index >= 15 is 0 Å². The molecular weight excluding hydrogens is 292 g/mol. The number of rotatable bonds is 2. The van der Waals surface area contributed by atoms with Gasteiger partial charge in [0, 0.05) is 38.8 Å². The fourth-order valence-corrected chi connectivity index (χ4v) is 2.94. The van der Waals surface area contributed by atoms with Gasteiger partial charge in [0.2, 0.25) is 5.91 Å². The van der Waals surface area contributed by atoms with Crippen molar-refractivity contribution in [2.75, 3.05) is 37.6 Å². The summed E-state index contributed by atoms with van der Waals surface area (Å²) >= 11 is 0. The Morgan fingerprint density at radius 1 is 1.32 bits per heavy atom. The number of anilines is 1. The highest BCUT2D eigenvalue weighted by Gasteiger charge is 2.43. The van der Waals surface area contributed by atoms with E-state index in [-0.39, 0.29) is 5.91 Å². The molecular formula is C14H19F2N5O. The molecule has 8 heteroatoms. The summed E-state index contributed by atoms with van der Waals surface area (Å²) in [7, 11) is 0. The summed E-state index contributed by atoms with van der Waals surface area (Å²) in [5, 5.41) is 10.6. The van der Waals surface area contributed by atoms with E-state index in [4.69, 9.17) is 0 Å². The second kappa shape index (κ2) is 6.12. The van der Waals surface area contributed by atoms with Crippen molar-refractivity contribution in [1.82, 2.24) is 20.4 Å². The second-order valence-electron chi connectivity index (χ2n) is 5.74. The van der Waals surface area contributed by atoms with Crippen LogP contribution in [0.2, 0.25) is 0 Å². The number of carbonyl (C=O) groups excluding carboxylic acids is 1. The standard InChI is InChI=1S/C14H19F2N5O/c15-14(16)9-11(17-10-14)13(22)21-6-2-5-20(7-8-21)12-3-1-4-18-19-12/h1,3-4,11,17H,2,5-10H2. The van der Waals surface area contributed by atoms with Crippen LogP contribution in [0.1, 0.15) is 12.8 Å². The Bertz CT molecular complexity index is 527. The van der Waals surface area contributed by atoms with Gasteiger partial charge in [0.1, 0.15) is 0 Å². The van der Waals surface area contributed by atoms with Crippen LogP contribution in [0.25, 0.3) is 0 Å². The Balaban J connectivity index is 1.60. The van der Waals surface area contributed by atoms with Crippen LogP contribution in [0.5, 0.6) is 0 Å². The Morgan fingerprint density at radius 2 is 2.18 bits per heavy atom. The third kappa shape index (κ3) is 3.32. The van der Waals surface area contributed by atoms with Crippen molar-refractivity contribution in [3.8, 4) is 0 Å². The van der Waals surface area contributed by atoms with Gasteiger partial charge in [0.25, 0.3) is 5.92 Å². The quantitative estimate of drug-likeness (QED) is 0.862. The summed E-state index contributed by atoms with van der Waals surface area (Å²) in [6, 6.07) is 2.93. The molecule has 120 valence electrons. The van der Waals surface area contributed by atoms with Crippen LogP contribution in [0.4, 0.5) is 14.6 Å². The highest BCUT2D eigenvalue weighted by atomic mass is 19.3. The normalized spacial score (nSPS) is 25.1. The maximum absolute atomic E-state index is 13.2. The fraction of sp³-hybridized carbons (Fsp3) is 0.643. The van der Waals surface area contributed by atoms with Gasteiger partial charge in [-0.3, -0.25) is 10.1 Å². The molecule has 0 radical (unpaired) electrons. The van der Waals surface area contributed by atoms with E-state index in [0.29, 0.717) is 19.6 Å². The molecule has 1 unspecified atom stereocenters. The molecule has 0 bridgehead atoms. The molecule has 3 heterocycles. The molecule has 2 aliphatic rings. The van der Waals surface area contributed by atoms with Gasteiger partial charge in [0.15, 0.2) is 5.82 Å². The smallest absolute Gasteiger partial charge is 0.262 e. The molecule has 22 heavy (non-hydrogen) atoms. The lowest BCUT2D eigenvalue weighted by Gasteiger charge is -2.24. The summed E-state index contributed by atoms with van der Waals surface area (Å²) in [6.07, 6.45) is 1.99. The van der Waals surface area contributed by atoms with Crippen LogP contribution in [0.15, 0.2) is 18.3 Å². The molecule has 0 spiro atoms. The van der Waals surface area contributed by atoms with Gasteiger partial charge < -0.3 is 9.80 Å². The predicted octanol–water partition coefficient (Wildman–Crippen LogP) is 0.512. The van der Waals surface area contributed by atoms with Crippen LogP contribution in [0.3, 0.4) is 0 Å². The van der Waals surface area contributed by atoms with Gasteiger partial charge in [-0.2, -0.15) is 5.10 Å². The number of halogens is 2. The number of hydrogen-bond acceptors (Lipinski definition) is 5. The Morgan fingerprint density at radius 3 is 2.86 bits per heavy atom. The minimum absolute atomic E-state index is 0.224. The van der Waals surface area contributed by atoms with E-state index in [2.05, 4.69) is 20.4 Å². The maximum Gasteiger partial charge on any atom is 0.262 e. The molecule has 1 aromatic heterocycles. The number of amides is 1. The zero-order valence-corrected chi connectivity index (χ0v) is 12.2. The zero-order valence-electron chi connectivity index (χ0n) is 12.2. The largest absolute Gasteiger partial charge is 0.353 e. The van der Waals surface area contributed by atoms with E-state index in [1.54, 1.807) is 11.1 Å². The molecule has 1 aromatic rings. The van der Waals surface area contributed by atoms with Crippen LogP contribution < -0.4 is 10.2 Å². The van der Waals surface area contributed by atoms with Gasteiger partial charge in [-0.1, -0.05) is 0 Å². The molecule has 2 saturated heterocycles. The third-order valence-electron chi connectivity index (χ3n) is 4.10. The highest BCUT2D eigenvalue weighted by molar-refractivity contribution is 5.82. The summed E-state index contributed by atoms with van der Waals surface area (Å²) in [5.41, 5.74) is 0. The maximum atomic E-state index is 13.2. The van der Waals surface area contributed by atoms with Crippen molar-refractivity contribution in [1.29, 1.82) is 0 Å². The van der Waals surface area contributed by atoms with Crippen molar-refractivity contribution < 1.29 is 13.6 Å². The highest BCUT2D eigenvalue weighted by Crippen LogP contribution is 2.26. The van der Waals surface area contributed by atoms with Crippen LogP contribution >= 0.6 is 0 Å². The van der Waals surface area contributed by atoms with E-state index in [1.807, 2.05) is 12.1 Å². The number of nitrogens with zero attached hydrogens (tertiary/aromatic N) is 4. The van der Waals surface area contributed by atoms with Gasteiger partial charge >= 0.3 is 0 Å². The predicted molar refractivity (Wildman–Crippen MR) is 76.8 cm³/mol. The number of carbonyl (C=O) groups is 1. The van der Waals surface area contributed by atoms with Gasteiger partial charge in [0.05, 0.1) is 12.6 Å². The molecule has 0 aromatic carbocycles. The summed E-state index contributed by atoms with van der Waals surface area (Å²) in [6.45, 7) is 2.09. The molecule has 6 nitrogen and oxygen atoms in total. The first-order valence-electron chi connectivity index (χ1n) is 7.48. The molecule has 0 saturated carbocycles. The van der Waals surface area contributed by atoms with E-state index in [1.165, 1.54) is 0 Å². The van der Waals surface area contributed by atoms with E-state index in [9.17, 15) is 13.6 Å². The van der Waals surface area contributed by atoms with Crippen molar-refractivity contribution in [3.63, 3.8) is 0 Å². The molecule has 3 rings (SSSR count). The third-order valence-corrected chi connectivity index (χ3v) is 4.10. The van der Waals surface area contributed by atoms with Crippen LogP contribution in [-0.4, -0.2) is 65.7 Å². The first-order chi connectivity index (χ1) is 10.6. The minimum atomic E-state index is -2.78. The summed E-state index contributed by atoms with van der Waals surface area (Å²) < 4.78 is 26.5. The lowest BCUT2D eigenvalue weighted by Crippen LogP contribution is -2.45. The average molecular weight is 311 g/mol. The SMILES string of the molecule is O=C(C1CC(F)(F)CN1)N1CCCN(c2cccnn2)CC1. The lowest BCUT2D eigenvalue weighted by molar-refractivity contribution is -0.133. The van der Waals surface area contributed by atoms with E-state index in [0.717, 1.165) is 18.8 Å². The molecule has 1 N–H and O–H groups in total. The first-order valence-corrected chi connectivity index (χ1v) is 7.48. The minimum Gasteiger partial charge on any atom is -0.353 e. The van der Waals surface area contributed by atoms with Crippen molar-refractivity contribution >= 4 is 11.7 Å². The Labute approximate surface area is 127 Å². The first kappa shape index (κ1) is 15.1. The van der Waals surface area contributed by atoms with Crippen molar-refractivity contribution in [3.05, 3.63) is 18.3 Å². The Hall–Kier alpha value is -1.83. The molecule has 0 aliphatic carbocycles. The molecule has 1 atom stereocenters. The Kier molecular flexibility index (Phi) is 4.19. The number of aromatic nitrogens is 2. The van der Waals surface area contributed by atoms with Crippen LogP contribution in [0, 0.1) is 0 Å². The average Bonchev–Trinajstić information content (AvgIpc) is 2.74. The lowest BCUT2D eigenvalue weighted by atomic mass is 10.1. The molecule has 2 fully saturated rings. The van der Waals surface area contributed by atoms with E-state index < -0.39 is 24.9 Å². The topological polar surface area (TPSA) is 61.4 Å². The summed E-state index contributed by atoms with van der Waals surface area (Å²) in [4.78, 5) is 16.1. The number of alkyl halides is 2. The molecule has 1 amide bonds. The monoisotopic (exact) mass is 311 g/mol. The van der Waals surface area contributed by atoms with Crippen molar-refractivity contribution in [2.45, 2.75) is 24.8 Å². The van der Waals surface area contributed by atoms with Crippen molar-refractivity contribution in [2.24, 2.45) is 0 Å². The van der Waals surface area contributed by atoms with Gasteiger partial charge in [-0.25, -0.2) is 8.78 Å². The number of nitrogens with one attached hydrogen (secondary N) is 1. The van der Waals surface area contributed by atoms with Gasteiger partial charge in [-0.05, 0) is 18.6 Å². The fourth-order valence-electron chi connectivity index (χ4n) is 2.94. The van der Waals surface area contributed by atoms with Gasteiger partial charge in [-0.15, -0.1) is 5.10 Å². The summed E-state index contributed by atoms with van der Waals surface area (Å²) in [5.74, 6) is -2.22. The molecule has 2 aliphatic heterocycles. The number of hydrogen-bond donors (Lipinski definition) is 1. The van der Waals surface area contributed by atoms with Crippen LogP contribution in [-0.2, 0) is 4.79 Å². The zero-order chi connectivity index (χ0) is 15.6. The second-order valence-corrected chi connectivity index (χ2v) is 5.74.